The van der Waals surface area contributed by atoms with Crippen LogP contribution in [0.1, 0.15) is 24.4 Å². The van der Waals surface area contributed by atoms with E-state index in [0.29, 0.717) is 25.9 Å². The van der Waals surface area contributed by atoms with Gasteiger partial charge >= 0.3 is 0 Å². The van der Waals surface area contributed by atoms with Crippen molar-refractivity contribution in [3.8, 4) is 0 Å². The third-order valence-electron chi connectivity index (χ3n) is 4.22. The molecule has 0 aliphatic carbocycles. The Morgan fingerprint density at radius 1 is 1.12 bits per heavy atom. The third-order valence-corrected chi connectivity index (χ3v) is 5.75. The van der Waals surface area contributed by atoms with Crippen LogP contribution in [-0.2, 0) is 10.0 Å². The van der Waals surface area contributed by atoms with Crippen LogP contribution in [0.2, 0.25) is 0 Å². The number of rotatable bonds is 4. The molecule has 0 atom stereocenters. The number of aryl methyl sites for hydroxylation is 2. The van der Waals surface area contributed by atoms with Gasteiger partial charge in [0.05, 0.1) is 4.90 Å². The monoisotopic (exact) mass is 364 g/mol. The van der Waals surface area contributed by atoms with E-state index in [4.69, 9.17) is 0 Å². The Bertz CT molecular complexity index is 827. The molecule has 1 aliphatic rings. The zero-order valence-electron chi connectivity index (χ0n) is 14.2. The van der Waals surface area contributed by atoms with Gasteiger partial charge in [0, 0.05) is 30.9 Å². The molecular formula is C17H21FN4O2S. The summed E-state index contributed by atoms with van der Waals surface area (Å²) in [5, 5.41) is 0. The average molecular weight is 364 g/mol. The Labute approximate surface area is 147 Å². The molecule has 0 saturated carbocycles. The lowest BCUT2D eigenvalue weighted by Gasteiger charge is -2.33. The quantitative estimate of drug-likeness (QED) is 0.900. The van der Waals surface area contributed by atoms with Gasteiger partial charge in [-0.15, -0.1) is 0 Å². The van der Waals surface area contributed by atoms with E-state index in [1.165, 1.54) is 12.1 Å². The first-order valence-corrected chi connectivity index (χ1v) is 9.67. The number of sulfonamides is 1. The lowest BCUT2D eigenvalue weighted by molar-refractivity contribution is 0.458. The van der Waals surface area contributed by atoms with Crippen molar-refractivity contribution in [2.45, 2.75) is 37.6 Å². The minimum Gasteiger partial charge on any atom is -0.356 e. The highest BCUT2D eigenvalue weighted by atomic mass is 32.2. The molecule has 1 aromatic heterocycles. The van der Waals surface area contributed by atoms with Crippen molar-refractivity contribution in [3.05, 3.63) is 47.7 Å². The van der Waals surface area contributed by atoms with E-state index in [-0.39, 0.29) is 10.9 Å². The van der Waals surface area contributed by atoms with Crippen LogP contribution >= 0.6 is 0 Å². The maximum Gasteiger partial charge on any atom is 0.240 e. The Balaban J connectivity index is 1.63. The van der Waals surface area contributed by atoms with Crippen LogP contribution in [0.3, 0.4) is 0 Å². The Hall–Kier alpha value is -2.06. The highest BCUT2D eigenvalue weighted by Gasteiger charge is 2.25. The molecule has 0 bridgehead atoms. The molecule has 25 heavy (non-hydrogen) atoms. The van der Waals surface area contributed by atoms with Crippen molar-refractivity contribution in [2.24, 2.45) is 0 Å². The smallest absolute Gasteiger partial charge is 0.240 e. The molecule has 134 valence electrons. The van der Waals surface area contributed by atoms with E-state index in [1.807, 2.05) is 19.9 Å². The summed E-state index contributed by atoms with van der Waals surface area (Å²) in [5.74, 6) is 1.15. The number of hydrogen-bond donors (Lipinski definition) is 1. The Morgan fingerprint density at radius 2 is 1.76 bits per heavy atom. The number of piperidine rings is 1. The molecule has 1 aliphatic heterocycles. The molecular weight excluding hydrogens is 343 g/mol. The predicted molar refractivity (Wildman–Crippen MR) is 93.5 cm³/mol. The predicted octanol–water partition coefficient (Wildman–Crippen LogP) is 2.18. The van der Waals surface area contributed by atoms with Crippen LogP contribution in [0, 0.1) is 19.7 Å². The molecule has 1 N–H and O–H groups in total. The van der Waals surface area contributed by atoms with Gasteiger partial charge in [-0.1, -0.05) is 0 Å². The molecule has 0 spiro atoms. The van der Waals surface area contributed by atoms with Gasteiger partial charge in [0.2, 0.25) is 10.0 Å². The molecule has 1 fully saturated rings. The van der Waals surface area contributed by atoms with E-state index < -0.39 is 15.8 Å². The average Bonchev–Trinajstić information content (AvgIpc) is 2.54. The van der Waals surface area contributed by atoms with E-state index in [1.54, 1.807) is 0 Å². The summed E-state index contributed by atoms with van der Waals surface area (Å²) in [6.07, 6.45) is 1.37. The van der Waals surface area contributed by atoms with E-state index >= 15 is 0 Å². The Kier molecular flexibility index (Phi) is 5.01. The van der Waals surface area contributed by atoms with Gasteiger partial charge in [-0.2, -0.15) is 0 Å². The van der Waals surface area contributed by atoms with E-state index in [0.717, 1.165) is 29.5 Å². The molecule has 8 heteroatoms. The lowest BCUT2D eigenvalue weighted by atomic mass is 10.1. The fourth-order valence-electron chi connectivity index (χ4n) is 2.99. The molecule has 3 rings (SSSR count). The molecule has 1 saturated heterocycles. The number of anilines is 1. The van der Waals surface area contributed by atoms with E-state index in [2.05, 4.69) is 19.6 Å². The van der Waals surface area contributed by atoms with Crippen molar-refractivity contribution < 1.29 is 12.8 Å². The van der Waals surface area contributed by atoms with Crippen LogP contribution in [0.15, 0.2) is 35.2 Å². The van der Waals surface area contributed by atoms with Crippen LogP contribution in [0.4, 0.5) is 10.2 Å². The molecule has 2 heterocycles. The maximum atomic E-state index is 13.0. The highest BCUT2D eigenvalue weighted by Crippen LogP contribution is 2.20. The summed E-state index contributed by atoms with van der Waals surface area (Å²) in [6, 6.07) is 6.65. The summed E-state index contributed by atoms with van der Waals surface area (Å²) in [5.41, 5.74) is 0.918. The zero-order valence-corrected chi connectivity index (χ0v) is 15.1. The second-order valence-electron chi connectivity index (χ2n) is 6.25. The van der Waals surface area contributed by atoms with Gasteiger partial charge in [-0.05, 0) is 51.0 Å². The van der Waals surface area contributed by atoms with Crippen molar-refractivity contribution in [3.63, 3.8) is 0 Å². The van der Waals surface area contributed by atoms with Gasteiger partial charge in [-0.3, -0.25) is 0 Å². The summed E-state index contributed by atoms with van der Waals surface area (Å²) < 4.78 is 40.4. The van der Waals surface area contributed by atoms with Gasteiger partial charge in [0.1, 0.15) is 17.5 Å². The van der Waals surface area contributed by atoms with Crippen LogP contribution in [-0.4, -0.2) is 37.5 Å². The fourth-order valence-corrected chi connectivity index (χ4v) is 4.29. The molecule has 0 amide bonds. The number of halogens is 1. The summed E-state index contributed by atoms with van der Waals surface area (Å²) in [4.78, 5) is 11.0. The van der Waals surface area contributed by atoms with Gasteiger partial charge < -0.3 is 4.90 Å². The second-order valence-corrected chi connectivity index (χ2v) is 7.97. The molecule has 0 radical (unpaired) electrons. The summed E-state index contributed by atoms with van der Waals surface area (Å²) in [7, 11) is -3.63. The number of nitrogens with one attached hydrogen (secondary N) is 1. The topological polar surface area (TPSA) is 75.2 Å². The SMILES string of the molecule is Cc1cc(N2CCC(NS(=O)(=O)c3ccc(F)cc3)CC2)nc(C)n1. The minimum absolute atomic E-state index is 0.0818. The first-order chi connectivity index (χ1) is 11.8. The normalized spacial score (nSPS) is 16.2. The molecule has 2 aromatic rings. The highest BCUT2D eigenvalue weighted by molar-refractivity contribution is 7.89. The fraction of sp³-hybridized carbons (Fsp3) is 0.412. The lowest BCUT2D eigenvalue weighted by Crippen LogP contribution is -2.45. The maximum absolute atomic E-state index is 13.0. The van der Waals surface area contributed by atoms with Crippen LogP contribution in [0.5, 0.6) is 0 Å². The standard InChI is InChI=1S/C17H21FN4O2S/c1-12-11-17(20-13(2)19-12)22-9-7-15(8-10-22)21-25(23,24)16-5-3-14(18)4-6-16/h3-6,11,15,21H,7-10H2,1-2H3. The Morgan fingerprint density at radius 3 is 2.36 bits per heavy atom. The largest absolute Gasteiger partial charge is 0.356 e. The summed E-state index contributed by atoms with van der Waals surface area (Å²) in [6.45, 7) is 5.22. The third kappa shape index (κ3) is 4.32. The second kappa shape index (κ2) is 7.05. The van der Waals surface area contributed by atoms with Gasteiger partial charge in [-0.25, -0.2) is 27.5 Å². The molecule has 0 unspecified atom stereocenters. The van der Waals surface area contributed by atoms with Crippen molar-refractivity contribution in [1.29, 1.82) is 0 Å². The van der Waals surface area contributed by atoms with Gasteiger partial charge in [0.15, 0.2) is 0 Å². The molecule has 6 nitrogen and oxygen atoms in total. The number of benzene rings is 1. The first-order valence-electron chi connectivity index (χ1n) is 8.18. The number of nitrogens with zero attached hydrogens (tertiary/aromatic N) is 3. The van der Waals surface area contributed by atoms with Gasteiger partial charge in [0.25, 0.3) is 0 Å². The zero-order chi connectivity index (χ0) is 18.0. The molecule has 1 aromatic carbocycles. The minimum atomic E-state index is -3.63. The van der Waals surface area contributed by atoms with E-state index in [9.17, 15) is 12.8 Å². The van der Waals surface area contributed by atoms with Crippen LogP contribution in [0.25, 0.3) is 0 Å². The van der Waals surface area contributed by atoms with Crippen molar-refractivity contribution >= 4 is 15.8 Å². The van der Waals surface area contributed by atoms with Crippen LogP contribution < -0.4 is 9.62 Å². The summed E-state index contributed by atoms with van der Waals surface area (Å²) >= 11 is 0. The number of aromatic nitrogens is 2. The number of hydrogen-bond acceptors (Lipinski definition) is 5. The first kappa shape index (κ1) is 17.8. The van der Waals surface area contributed by atoms with Crippen molar-refractivity contribution in [1.82, 2.24) is 14.7 Å². The van der Waals surface area contributed by atoms with Crippen molar-refractivity contribution in [2.75, 3.05) is 18.0 Å².